The lowest BCUT2D eigenvalue weighted by Crippen LogP contribution is -1.97. The third-order valence-corrected chi connectivity index (χ3v) is 4.22. The fraction of sp³-hybridized carbons (Fsp3) is 0.533. The van der Waals surface area contributed by atoms with Gasteiger partial charge >= 0.3 is 0 Å². The summed E-state index contributed by atoms with van der Waals surface area (Å²) in [6.07, 6.45) is 6.27. The van der Waals surface area contributed by atoms with Gasteiger partial charge in [-0.05, 0) is 44.7 Å². The number of hydrogen-bond acceptors (Lipinski definition) is 1. The monoisotopic (exact) mass is 265 g/mol. The first-order valence-corrected chi connectivity index (χ1v) is 7.69. The van der Waals surface area contributed by atoms with E-state index in [-0.39, 0.29) is 0 Å². The van der Waals surface area contributed by atoms with Crippen molar-refractivity contribution in [1.82, 2.24) is 0 Å². The topological polar surface area (TPSA) is 29.4 Å². The summed E-state index contributed by atoms with van der Waals surface area (Å²) in [6.45, 7) is 8.23. The molecule has 1 rings (SSSR count). The van der Waals surface area contributed by atoms with Crippen LogP contribution in [0.3, 0.4) is 0 Å². The van der Waals surface area contributed by atoms with E-state index in [0.29, 0.717) is 0 Å². The SMILES string of the molecule is CCCCC/C=N/[S@](=O)c1c(C)cc(C)cc1C. The predicted molar refractivity (Wildman–Crippen MR) is 79.7 cm³/mol. The second kappa shape index (κ2) is 7.47. The molecule has 0 aliphatic heterocycles. The number of hydrogen-bond donors (Lipinski definition) is 0. The molecule has 18 heavy (non-hydrogen) atoms. The molecule has 0 saturated carbocycles. The van der Waals surface area contributed by atoms with Crippen LogP contribution < -0.4 is 0 Å². The minimum atomic E-state index is -1.25. The minimum absolute atomic E-state index is 0.868. The maximum absolute atomic E-state index is 12.1. The van der Waals surface area contributed by atoms with Crippen LogP contribution in [-0.2, 0) is 11.0 Å². The van der Waals surface area contributed by atoms with Gasteiger partial charge in [0.2, 0.25) is 0 Å². The van der Waals surface area contributed by atoms with Crippen molar-refractivity contribution in [3.8, 4) is 0 Å². The van der Waals surface area contributed by atoms with Crippen LogP contribution in [-0.4, -0.2) is 10.4 Å². The van der Waals surface area contributed by atoms with Crippen LogP contribution in [0.4, 0.5) is 0 Å². The van der Waals surface area contributed by atoms with Gasteiger partial charge < -0.3 is 0 Å². The van der Waals surface area contributed by atoms with E-state index < -0.39 is 11.0 Å². The van der Waals surface area contributed by atoms with Crippen LogP contribution in [0.5, 0.6) is 0 Å². The molecular weight excluding hydrogens is 242 g/mol. The van der Waals surface area contributed by atoms with Crippen LogP contribution in [0.25, 0.3) is 0 Å². The Labute approximate surface area is 113 Å². The van der Waals surface area contributed by atoms with Gasteiger partial charge in [-0.15, -0.1) is 0 Å². The van der Waals surface area contributed by atoms with Crippen molar-refractivity contribution in [3.05, 3.63) is 28.8 Å². The van der Waals surface area contributed by atoms with Gasteiger partial charge in [0.25, 0.3) is 0 Å². The molecule has 0 amide bonds. The van der Waals surface area contributed by atoms with E-state index in [1.165, 1.54) is 18.4 Å². The molecule has 100 valence electrons. The Morgan fingerprint density at radius 2 is 1.78 bits per heavy atom. The zero-order valence-electron chi connectivity index (χ0n) is 11.8. The first-order chi connectivity index (χ1) is 8.56. The molecule has 0 bridgehead atoms. The average molecular weight is 265 g/mol. The van der Waals surface area contributed by atoms with Gasteiger partial charge in [-0.3, -0.25) is 0 Å². The fourth-order valence-electron chi connectivity index (χ4n) is 2.10. The van der Waals surface area contributed by atoms with E-state index in [0.717, 1.165) is 28.9 Å². The van der Waals surface area contributed by atoms with Gasteiger partial charge in [0.1, 0.15) is 0 Å². The number of rotatable bonds is 6. The van der Waals surface area contributed by atoms with E-state index >= 15 is 0 Å². The molecule has 0 unspecified atom stereocenters. The molecule has 0 radical (unpaired) electrons. The Bertz CT molecular complexity index is 429. The molecule has 0 aliphatic rings. The Balaban J connectivity index is 2.73. The largest absolute Gasteiger partial charge is 0.229 e. The normalized spacial score (nSPS) is 13.1. The van der Waals surface area contributed by atoms with Gasteiger partial charge in [-0.1, -0.05) is 37.5 Å². The maximum atomic E-state index is 12.1. The highest BCUT2D eigenvalue weighted by Gasteiger charge is 2.09. The molecule has 3 heteroatoms. The maximum Gasteiger partial charge on any atom is 0.172 e. The van der Waals surface area contributed by atoms with Crippen LogP contribution in [0, 0.1) is 20.8 Å². The number of unbranched alkanes of at least 4 members (excludes halogenated alkanes) is 3. The van der Waals surface area contributed by atoms with Crippen LogP contribution in [0.2, 0.25) is 0 Å². The number of benzene rings is 1. The lowest BCUT2D eigenvalue weighted by molar-refractivity contribution is 0.683. The van der Waals surface area contributed by atoms with Crippen LogP contribution >= 0.6 is 0 Å². The third kappa shape index (κ3) is 4.37. The molecule has 1 atom stereocenters. The van der Waals surface area contributed by atoms with Gasteiger partial charge in [0.05, 0.1) is 4.90 Å². The zero-order chi connectivity index (χ0) is 13.5. The van der Waals surface area contributed by atoms with E-state index in [9.17, 15) is 4.21 Å². The molecule has 0 N–H and O–H groups in total. The first-order valence-electron chi connectivity index (χ1n) is 6.58. The quantitative estimate of drug-likeness (QED) is 0.557. The van der Waals surface area contributed by atoms with Crippen molar-refractivity contribution in [2.24, 2.45) is 4.40 Å². The predicted octanol–water partition coefficient (Wildman–Crippen LogP) is 4.29. The van der Waals surface area contributed by atoms with Crippen molar-refractivity contribution in [1.29, 1.82) is 0 Å². The zero-order valence-corrected chi connectivity index (χ0v) is 12.6. The molecular formula is C15H23NOS. The highest BCUT2D eigenvalue weighted by atomic mass is 32.2. The van der Waals surface area contributed by atoms with Gasteiger partial charge in [0.15, 0.2) is 11.0 Å². The third-order valence-electron chi connectivity index (χ3n) is 2.89. The molecule has 0 aliphatic carbocycles. The lowest BCUT2D eigenvalue weighted by Gasteiger charge is -2.07. The van der Waals surface area contributed by atoms with Crippen molar-refractivity contribution in [2.45, 2.75) is 58.3 Å². The van der Waals surface area contributed by atoms with Gasteiger partial charge in [0, 0.05) is 6.21 Å². The summed E-state index contributed by atoms with van der Waals surface area (Å²) in [6, 6.07) is 4.12. The average Bonchev–Trinajstić information content (AvgIpc) is 2.27. The minimum Gasteiger partial charge on any atom is -0.229 e. The molecule has 0 spiro atoms. The van der Waals surface area contributed by atoms with Crippen molar-refractivity contribution in [3.63, 3.8) is 0 Å². The fourth-order valence-corrected chi connectivity index (χ4v) is 3.12. The molecule has 1 aromatic rings. The Morgan fingerprint density at radius 1 is 1.17 bits per heavy atom. The molecule has 0 aromatic heterocycles. The lowest BCUT2D eigenvalue weighted by atomic mass is 10.1. The number of aryl methyl sites for hydroxylation is 3. The van der Waals surface area contributed by atoms with Crippen molar-refractivity contribution < 1.29 is 4.21 Å². The Hall–Kier alpha value is -0.960. The summed E-state index contributed by atoms with van der Waals surface area (Å²) in [5, 5.41) is 0. The highest BCUT2D eigenvalue weighted by Crippen LogP contribution is 2.20. The summed E-state index contributed by atoms with van der Waals surface area (Å²) < 4.78 is 16.3. The highest BCUT2D eigenvalue weighted by molar-refractivity contribution is 7.84. The summed E-state index contributed by atoms with van der Waals surface area (Å²) in [7, 11) is -1.25. The van der Waals surface area contributed by atoms with Crippen molar-refractivity contribution in [2.75, 3.05) is 0 Å². The van der Waals surface area contributed by atoms with Crippen LogP contribution in [0.15, 0.2) is 21.4 Å². The second-order valence-corrected chi connectivity index (χ2v) is 5.88. The first kappa shape index (κ1) is 15.1. The molecule has 0 fully saturated rings. The van der Waals surface area contributed by atoms with Crippen molar-refractivity contribution >= 4 is 17.2 Å². The summed E-state index contributed by atoms with van der Waals surface area (Å²) >= 11 is 0. The second-order valence-electron chi connectivity index (χ2n) is 4.76. The molecule has 1 aromatic carbocycles. The summed E-state index contributed by atoms with van der Waals surface area (Å²) in [4.78, 5) is 0.868. The van der Waals surface area contributed by atoms with Crippen LogP contribution in [0.1, 0.15) is 49.3 Å². The molecule has 2 nitrogen and oxygen atoms in total. The number of nitrogens with zero attached hydrogens (tertiary/aromatic N) is 1. The van der Waals surface area contributed by atoms with E-state index in [4.69, 9.17) is 0 Å². The van der Waals surface area contributed by atoms with Gasteiger partial charge in [-0.2, -0.15) is 4.40 Å². The van der Waals surface area contributed by atoms with Gasteiger partial charge in [-0.25, -0.2) is 4.21 Å². The van der Waals surface area contributed by atoms with E-state index in [1.807, 2.05) is 20.1 Å². The molecule has 0 heterocycles. The van der Waals surface area contributed by atoms with E-state index in [2.05, 4.69) is 30.4 Å². The Morgan fingerprint density at radius 3 is 2.33 bits per heavy atom. The molecule has 0 saturated heterocycles. The van der Waals surface area contributed by atoms with E-state index in [1.54, 1.807) is 0 Å². The smallest absolute Gasteiger partial charge is 0.172 e. The summed E-state index contributed by atoms with van der Waals surface area (Å²) in [5.41, 5.74) is 3.34. The summed E-state index contributed by atoms with van der Waals surface area (Å²) in [5.74, 6) is 0. The standard InChI is InChI=1S/C15H23NOS/c1-5-6-7-8-9-16-18(17)15-13(3)10-12(2)11-14(15)4/h9-11H,5-8H2,1-4H3/b16-9+/t18-/m1/s1. The Kier molecular flexibility index (Phi) is 6.27.